The van der Waals surface area contributed by atoms with E-state index in [0.717, 1.165) is 18.5 Å². The van der Waals surface area contributed by atoms with Crippen LogP contribution in [0.3, 0.4) is 0 Å². The second-order valence-corrected chi connectivity index (χ2v) is 7.43. The van der Waals surface area contributed by atoms with E-state index in [0.29, 0.717) is 0 Å². The average Bonchev–Trinajstić information content (AvgIpc) is 2.89. The summed E-state index contributed by atoms with van der Waals surface area (Å²) in [6.07, 6.45) is 3.45. The summed E-state index contributed by atoms with van der Waals surface area (Å²) in [5, 5.41) is 3.04. The Balaban J connectivity index is 1.79. The highest BCUT2D eigenvalue weighted by atomic mass is 32.2. The van der Waals surface area contributed by atoms with E-state index in [1.165, 1.54) is 17.5 Å². The molecule has 1 aliphatic carbocycles. The van der Waals surface area contributed by atoms with Crippen molar-refractivity contribution in [2.45, 2.75) is 39.2 Å². The van der Waals surface area contributed by atoms with Crippen molar-refractivity contribution in [3.63, 3.8) is 0 Å². The molecule has 0 saturated carbocycles. The van der Waals surface area contributed by atoms with Gasteiger partial charge in [-0.2, -0.15) is 13.1 Å². The van der Waals surface area contributed by atoms with E-state index in [1.807, 2.05) is 6.07 Å². The molecule has 0 unspecified atom stereocenters. The van der Waals surface area contributed by atoms with E-state index < -0.39 is 10.2 Å². The van der Waals surface area contributed by atoms with Crippen LogP contribution in [0.15, 0.2) is 23.2 Å². The summed E-state index contributed by atoms with van der Waals surface area (Å²) >= 11 is 0. The molecule has 0 atom stereocenters. The van der Waals surface area contributed by atoms with E-state index >= 15 is 0 Å². The first-order chi connectivity index (χ1) is 10.9. The van der Waals surface area contributed by atoms with Crippen molar-refractivity contribution in [1.29, 1.82) is 0 Å². The lowest BCUT2D eigenvalue weighted by Crippen LogP contribution is -2.41. The summed E-state index contributed by atoms with van der Waals surface area (Å²) in [4.78, 5) is 4.12. The largest absolute Gasteiger partial charge is 0.370 e. The van der Waals surface area contributed by atoms with Gasteiger partial charge in [-0.15, -0.1) is 0 Å². The smallest absolute Gasteiger partial charge is 0.277 e. The molecule has 1 aliphatic rings. The number of fused-ring (bicyclic) bond motifs is 1. The Morgan fingerprint density at radius 2 is 2.04 bits per heavy atom. The summed E-state index contributed by atoms with van der Waals surface area (Å²) in [6, 6.07) is 6.05. The van der Waals surface area contributed by atoms with Gasteiger partial charge in [0.25, 0.3) is 10.2 Å². The van der Waals surface area contributed by atoms with Crippen molar-refractivity contribution in [2.75, 3.05) is 18.4 Å². The Hall–Kier alpha value is -1.64. The Labute approximate surface area is 137 Å². The third-order valence-electron chi connectivity index (χ3n) is 3.45. The number of rotatable bonds is 7. The zero-order valence-electron chi connectivity index (χ0n) is 13.6. The molecule has 0 amide bonds. The van der Waals surface area contributed by atoms with Gasteiger partial charge in [-0.1, -0.05) is 6.07 Å². The van der Waals surface area contributed by atoms with Crippen LogP contribution in [-0.4, -0.2) is 33.5 Å². The highest BCUT2D eigenvalue weighted by molar-refractivity contribution is 7.87. The lowest BCUT2D eigenvalue weighted by atomic mass is 10.1. The van der Waals surface area contributed by atoms with Crippen LogP contribution in [0.2, 0.25) is 0 Å². The zero-order valence-corrected chi connectivity index (χ0v) is 14.4. The molecule has 1 aromatic carbocycles. The van der Waals surface area contributed by atoms with Gasteiger partial charge < -0.3 is 11.1 Å². The van der Waals surface area contributed by atoms with Gasteiger partial charge in [0.1, 0.15) is 0 Å². The van der Waals surface area contributed by atoms with E-state index in [1.54, 1.807) is 13.8 Å². The Morgan fingerprint density at radius 3 is 2.78 bits per heavy atom. The van der Waals surface area contributed by atoms with Gasteiger partial charge in [-0.3, -0.25) is 4.99 Å². The Morgan fingerprint density at radius 1 is 1.30 bits per heavy atom. The molecular formula is C15H25N5O2S. The van der Waals surface area contributed by atoms with E-state index in [9.17, 15) is 8.42 Å². The first-order valence-electron chi connectivity index (χ1n) is 7.81. The van der Waals surface area contributed by atoms with E-state index in [-0.39, 0.29) is 25.1 Å². The maximum Gasteiger partial charge on any atom is 0.277 e. The average molecular weight is 339 g/mol. The molecule has 0 aliphatic heterocycles. The quantitative estimate of drug-likeness (QED) is 0.334. The van der Waals surface area contributed by atoms with Crippen molar-refractivity contribution in [1.82, 2.24) is 9.44 Å². The molecule has 0 fully saturated rings. The van der Waals surface area contributed by atoms with Gasteiger partial charge in [-0.25, -0.2) is 4.72 Å². The fourth-order valence-corrected chi connectivity index (χ4v) is 3.61. The molecule has 1 aromatic rings. The lowest BCUT2D eigenvalue weighted by molar-refractivity contribution is 0.555. The third-order valence-corrected chi connectivity index (χ3v) is 4.81. The molecule has 7 nitrogen and oxygen atoms in total. The molecule has 5 N–H and O–H groups in total. The molecule has 23 heavy (non-hydrogen) atoms. The highest BCUT2D eigenvalue weighted by Gasteiger charge is 2.11. The maximum atomic E-state index is 11.6. The summed E-state index contributed by atoms with van der Waals surface area (Å²) in [5.41, 5.74) is 9.50. The second kappa shape index (κ2) is 7.76. The SMILES string of the molecule is CC(C)NS(=O)(=O)NCCN=C(N)Nc1ccc2c(c1)CCC2. The van der Waals surface area contributed by atoms with E-state index in [4.69, 9.17) is 5.73 Å². The number of guanidine groups is 1. The summed E-state index contributed by atoms with van der Waals surface area (Å²) < 4.78 is 28.0. The second-order valence-electron chi connectivity index (χ2n) is 5.90. The van der Waals surface area contributed by atoms with Crippen molar-refractivity contribution in [3.8, 4) is 0 Å². The van der Waals surface area contributed by atoms with Crippen LogP contribution in [0.4, 0.5) is 5.69 Å². The topological polar surface area (TPSA) is 109 Å². The van der Waals surface area contributed by atoms with Crippen molar-refractivity contribution in [2.24, 2.45) is 10.7 Å². The first-order valence-corrected chi connectivity index (χ1v) is 9.30. The normalized spacial score (nSPS) is 15.0. The van der Waals surface area contributed by atoms with Crippen LogP contribution in [0, 0.1) is 0 Å². The predicted molar refractivity (Wildman–Crippen MR) is 93.8 cm³/mol. The number of nitrogens with zero attached hydrogens (tertiary/aromatic N) is 1. The number of nitrogens with one attached hydrogen (secondary N) is 3. The molecule has 0 bridgehead atoms. The van der Waals surface area contributed by atoms with Gasteiger partial charge in [0, 0.05) is 18.3 Å². The fraction of sp³-hybridized carbons (Fsp3) is 0.533. The number of nitrogens with two attached hydrogens (primary N) is 1. The van der Waals surface area contributed by atoms with Crippen LogP contribution in [-0.2, 0) is 23.1 Å². The van der Waals surface area contributed by atoms with Crippen molar-refractivity contribution >= 4 is 21.9 Å². The van der Waals surface area contributed by atoms with Gasteiger partial charge in [-0.05, 0) is 56.4 Å². The minimum absolute atomic E-state index is 0.150. The summed E-state index contributed by atoms with van der Waals surface area (Å²) in [7, 11) is -3.47. The monoisotopic (exact) mass is 339 g/mol. The number of hydrogen-bond donors (Lipinski definition) is 4. The first kappa shape index (κ1) is 17.7. The molecule has 0 aromatic heterocycles. The standard InChI is InChI=1S/C15H25N5O2S/c1-11(2)20-23(21,22)18-9-8-17-15(16)19-14-7-6-12-4-3-5-13(12)10-14/h6-7,10-11,18,20H,3-5,8-9H2,1-2H3,(H3,16,17,19). The maximum absolute atomic E-state index is 11.6. The van der Waals surface area contributed by atoms with Crippen molar-refractivity contribution in [3.05, 3.63) is 29.3 Å². The van der Waals surface area contributed by atoms with Gasteiger partial charge >= 0.3 is 0 Å². The van der Waals surface area contributed by atoms with Crippen LogP contribution in [0.25, 0.3) is 0 Å². The fourth-order valence-electron chi connectivity index (χ4n) is 2.55. The Kier molecular flexibility index (Phi) is 5.97. The van der Waals surface area contributed by atoms with Crippen LogP contribution in [0.1, 0.15) is 31.4 Å². The molecule has 0 saturated heterocycles. The van der Waals surface area contributed by atoms with Crippen molar-refractivity contribution < 1.29 is 8.42 Å². The predicted octanol–water partition coefficient (Wildman–Crippen LogP) is 0.734. The number of aryl methyl sites for hydroxylation is 2. The number of aliphatic imine (C=N–C) groups is 1. The molecule has 2 rings (SSSR count). The minimum atomic E-state index is -3.47. The number of anilines is 1. The molecule has 0 heterocycles. The van der Waals surface area contributed by atoms with Crippen LogP contribution in [0.5, 0.6) is 0 Å². The molecule has 0 spiro atoms. The summed E-state index contributed by atoms with van der Waals surface area (Å²) in [6.45, 7) is 3.98. The van der Waals surface area contributed by atoms with Crippen LogP contribution >= 0.6 is 0 Å². The van der Waals surface area contributed by atoms with E-state index in [2.05, 4.69) is 31.9 Å². The molecule has 0 radical (unpaired) electrons. The lowest BCUT2D eigenvalue weighted by Gasteiger charge is -2.10. The highest BCUT2D eigenvalue weighted by Crippen LogP contribution is 2.24. The van der Waals surface area contributed by atoms with Gasteiger partial charge in [0.2, 0.25) is 0 Å². The zero-order chi connectivity index (χ0) is 16.9. The Bertz CT molecular complexity index is 670. The molecule has 8 heteroatoms. The number of hydrogen-bond acceptors (Lipinski definition) is 3. The van der Waals surface area contributed by atoms with Gasteiger partial charge in [0.05, 0.1) is 6.54 Å². The van der Waals surface area contributed by atoms with Crippen LogP contribution < -0.4 is 20.5 Å². The minimum Gasteiger partial charge on any atom is -0.370 e. The summed E-state index contributed by atoms with van der Waals surface area (Å²) in [5.74, 6) is 0.277. The third kappa shape index (κ3) is 5.81. The molecular weight excluding hydrogens is 314 g/mol. The molecule has 128 valence electrons. The van der Waals surface area contributed by atoms with Gasteiger partial charge in [0.15, 0.2) is 5.96 Å². The number of benzene rings is 1.